The van der Waals surface area contributed by atoms with Gasteiger partial charge in [0.05, 0.1) is 0 Å². The van der Waals surface area contributed by atoms with E-state index < -0.39 is 0 Å². The molecule has 41 heavy (non-hydrogen) atoms. The van der Waals surface area contributed by atoms with Crippen molar-refractivity contribution in [3.05, 3.63) is 72.9 Å². The van der Waals surface area contributed by atoms with Gasteiger partial charge in [-0.05, 0) is 64.2 Å². The lowest BCUT2D eigenvalue weighted by molar-refractivity contribution is -0.121. The topological polar surface area (TPSA) is 70.2 Å². The van der Waals surface area contributed by atoms with Crippen molar-refractivity contribution in [1.82, 2.24) is 16.0 Å². The van der Waals surface area contributed by atoms with Gasteiger partial charge in [-0.1, -0.05) is 108 Å². The molecule has 0 aromatic heterocycles. The monoisotopic (exact) mass is 601 g/mol. The quantitative estimate of drug-likeness (QED) is 0.0562. The summed E-state index contributed by atoms with van der Waals surface area (Å²) < 4.78 is 0. The van der Waals surface area contributed by atoms with Gasteiger partial charge in [0.15, 0.2) is 0 Å². The molecular formula is C34H55N3O2S2. The molecule has 0 aromatic rings. The number of rotatable bonds is 25. The first-order valence-corrected chi connectivity index (χ1v) is 18.0. The van der Waals surface area contributed by atoms with Crippen LogP contribution in [0.25, 0.3) is 0 Å². The van der Waals surface area contributed by atoms with Crippen LogP contribution in [0.1, 0.15) is 90.4 Å². The molecule has 1 atom stereocenters. The molecule has 2 amide bonds. The van der Waals surface area contributed by atoms with Crippen LogP contribution in [-0.4, -0.2) is 49.0 Å². The highest BCUT2D eigenvalue weighted by atomic mass is 33.1. The lowest BCUT2D eigenvalue weighted by atomic mass is 10.1. The van der Waals surface area contributed by atoms with Gasteiger partial charge in [-0.2, -0.15) is 0 Å². The van der Waals surface area contributed by atoms with Crippen molar-refractivity contribution in [3.8, 4) is 0 Å². The first kappa shape index (κ1) is 37.1. The Kier molecular flexibility index (Phi) is 26.7. The second-order valence-electron chi connectivity index (χ2n) is 9.98. The van der Waals surface area contributed by atoms with Crippen molar-refractivity contribution >= 4 is 33.4 Å². The maximum absolute atomic E-state index is 11.9. The smallest absolute Gasteiger partial charge is 0.220 e. The lowest BCUT2D eigenvalue weighted by Gasteiger charge is -2.09. The van der Waals surface area contributed by atoms with Crippen molar-refractivity contribution in [2.45, 2.75) is 95.6 Å². The van der Waals surface area contributed by atoms with E-state index in [-0.39, 0.29) is 11.8 Å². The second kappa shape index (κ2) is 29.5. The molecule has 1 saturated heterocycles. The summed E-state index contributed by atoms with van der Waals surface area (Å²) in [5, 5.41) is 9.97. The Morgan fingerprint density at radius 1 is 0.659 bits per heavy atom. The third-order valence-electron chi connectivity index (χ3n) is 6.29. The van der Waals surface area contributed by atoms with Gasteiger partial charge in [0.1, 0.15) is 0 Å². The predicted molar refractivity (Wildman–Crippen MR) is 183 cm³/mol. The fraction of sp³-hybridized carbons (Fsp3) is 0.588. The molecule has 0 spiro atoms. The van der Waals surface area contributed by atoms with Crippen molar-refractivity contribution in [2.24, 2.45) is 0 Å². The van der Waals surface area contributed by atoms with Crippen LogP contribution in [0, 0.1) is 0 Å². The Labute approximate surface area is 258 Å². The Balaban J connectivity index is 1.85. The van der Waals surface area contributed by atoms with Gasteiger partial charge in [0.2, 0.25) is 11.8 Å². The van der Waals surface area contributed by atoms with Gasteiger partial charge in [-0.25, -0.2) is 0 Å². The Hall–Kier alpha value is -1.96. The normalized spacial score (nSPS) is 16.1. The first-order valence-electron chi connectivity index (χ1n) is 15.6. The lowest BCUT2D eigenvalue weighted by Crippen LogP contribution is -2.36. The van der Waals surface area contributed by atoms with Crippen molar-refractivity contribution < 1.29 is 9.59 Å². The van der Waals surface area contributed by atoms with Crippen LogP contribution in [-0.2, 0) is 9.59 Å². The predicted octanol–water partition coefficient (Wildman–Crippen LogP) is 8.00. The third-order valence-corrected chi connectivity index (χ3v) is 9.30. The van der Waals surface area contributed by atoms with E-state index in [4.69, 9.17) is 0 Å². The van der Waals surface area contributed by atoms with Crippen LogP contribution in [0.3, 0.4) is 0 Å². The second-order valence-corrected chi connectivity index (χ2v) is 12.8. The SMILES string of the molecule is CC/C=C\C/C=C\C/C=C\C/C=C\C/C=C\C/C=C\CCC(=O)NCCNCCNC(=O)CCCC[C@@H]1CCSS1. The molecule has 0 unspecified atom stereocenters. The molecular weight excluding hydrogens is 547 g/mol. The summed E-state index contributed by atoms with van der Waals surface area (Å²) in [5.41, 5.74) is 0. The average molecular weight is 602 g/mol. The van der Waals surface area contributed by atoms with Crippen LogP contribution in [0.5, 0.6) is 0 Å². The molecule has 1 heterocycles. The molecule has 0 radical (unpaired) electrons. The van der Waals surface area contributed by atoms with Gasteiger partial charge in [0.25, 0.3) is 0 Å². The summed E-state index contributed by atoms with van der Waals surface area (Å²) in [5.74, 6) is 1.49. The summed E-state index contributed by atoms with van der Waals surface area (Å²) in [6.45, 7) is 4.81. The van der Waals surface area contributed by atoms with E-state index in [0.717, 1.165) is 69.6 Å². The highest BCUT2D eigenvalue weighted by Gasteiger charge is 2.15. The van der Waals surface area contributed by atoms with E-state index in [1.165, 1.54) is 18.6 Å². The molecule has 0 bridgehead atoms. The van der Waals surface area contributed by atoms with E-state index in [1.54, 1.807) is 0 Å². The number of carbonyl (C=O) groups is 2. The Morgan fingerprint density at radius 3 is 1.68 bits per heavy atom. The van der Waals surface area contributed by atoms with Crippen LogP contribution in [0.2, 0.25) is 0 Å². The minimum absolute atomic E-state index is 0.0780. The summed E-state index contributed by atoms with van der Waals surface area (Å²) in [6.07, 6.45) is 38.7. The Morgan fingerprint density at radius 2 is 1.17 bits per heavy atom. The molecule has 230 valence electrons. The zero-order valence-electron chi connectivity index (χ0n) is 25.4. The van der Waals surface area contributed by atoms with E-state index in [9.17, 15) is 9.59 Å². The van der Waals surface area contributed by atoms with Gasteiger partial charge >= 0.3 is 0 Å². The van der Waals surface area contributed by atoms with E-state index >= 15 is 0 Å². The number of amides is 2. The number of unbranched alkanes of at least 4 members (excludes halogenated alkanes) is 1. The fourth-order valence-electron chi connectivity index (χ4n) is 3.96. The molecule has 0 aromatic carbocycles. The number of nitrogens with one attached hydrogen (secondary N) is 3. The molecule has 5 nitrogen and oxygen atoms in total. The third kappa shape index (κ3) is 26.7. The summed E-state index contributed by atoms with van der Waals surface area (Å²) in [4.78, 5) is 23.9. The summed E-state index contributed by atoms with van der Waals surface area (Å²) >= 11 is 0. The van der Waals surface area contributed by atoms with E-state index in [2.05, 4.69) is 95.8 Å². The van der Waals surface area contributed by atoms with Crippen LogP contribution in [0.15, 0.2) is 72.9 Å². The van der Waals surface area contributed by atoms with Gasteiger partial charge < -0.3 is 16.0 Å². The highest BCUT2D eigenvalue weighted by molar-refractivity contribution is 8.77. The average Bonchev–Trinajstić information content (AvgIpc) is 3.50. The molecule has 1 rings (SSSR count). The maximum Gasteiger partial charge on any atom is 0.220 e. The minimum atomic E-state index is 0.0780. The van der Waals surface area contributed by atoms with Crippen molar-refractivity contribution in [2.75, 3.05) is 31.9 Å². The maximum atomic E-state index is 11.9. The molecule has 1 aliphatic rings. The summed E-state index contributed by atoms with van der Waals surface area (Å²) in [7, 11) is 3.99. The largest absolute Gasteiger partial charge is 0.355 e. The van der Waals surface area contributed by atoms with Gasteiger partial charge in [-0.15, -0.1) is 0 Å². The molecule has 0 aliphatic carbocycles. The standard InChI is InChI=1S/C34H55N3O2S2/c1-2-3-4-5-6-7-8-9-10-11-12-13-14-15-16-17-18-19-20-24-33(38)36-29-27-35-28-30-37-34(39)25-22-21-23-32-26-31-40-41-32/h3-4,6-7,9-10,12-13,15-16,18-19,32,35H,2,5,8,11,14,17,20-31H2,1H3,(H,36,38)(H,37,39)/b4-3-,7-6-,10-9-,13-12-,16-15-,19-18-/t32-/m1/s1. The van der Waals surface area contributed by atoms with Crippen LogP contribution < -0.4 is 16.0 Å². The Bertz CT molecular complexity index is 828. The van der Waals surface area contributed by atoms with Crippen LogP contribution >= 0.6 is 21.6 Å². The molecule has 1 fully saturated rings. The minimum Gasteiger partial charge on any atom is -0.355 e. The highest BCUT2D eigenvalue weighted by Crippen LogP contribution is 2.39. The van der Waals surface area contributed by atoms with E-state index in [0.29, 0.717) is 32.5 Å². The summed E-state index contributed by atoms with van der Waals surface area (Å²) in [6, 6.07) is 0. The molecule has 0 saturated carbocycles. The number of carbonyl (C=O) groups excluding carboxylic acids is 2. The molecule has 7 heteroatoms. The number of allylic oxidation sites excluding steroid dienone is 12. The van der Waals surface area contributed by atoms with Crippen LogP contribution in [0.4, 0.5) is 0 Å². The van der Waals surface area contributed by atoms with Crippen molar-refractivity contribution in [3.63, 3.8) is 0 Å². The fourth-order valence-corrected chi connectivity index (χ4v) is 6.99. The molecule has 3 N–H and O–H groups in total. The van der Waals surface area contributed by atoms with Crippen molar-refractivity contribution in [1.29, 1.82) is 0 Å². The van der Waals surface area contributed by atoms with E-state index in [1.807, 2.05) is 21.6 Å². The van der Waals surface area contributed by atoms with Gasteiger partial charge in [-0.3, -0.25) is 9.59 Å². The number of hydrogen-bond donors (Lipinski definition) is 3. The zero-order valence-corrected chi connectivity index (χ0v) is 27.0. The first-order chi connectivity index (χ1) is 20.2. The molecule has 1 aliphatic heterocycles. The number of hydrogen-bond acceptors (Lipinski definition) is 5. The zero-order chi connectivity index (χ0) is 29.5. The van der Waals surface area contributed by atoms with Gasteiger partial charge in [0, 0.05) is 50.0 Å².